The summed E-state index contributed by atoms with van der Waals surface area (Å²) < 4.78 is 26.5. The number of hydrogen-bond donors (Lipinski definition) is 1. The maximum absolute atomic E-state index is 11.5. The maximum Gasteiger partial charge on any atom is 0.213 e. The molecular formula is C10H13BrClNO2S. The van der Waals surface area contributed by atoms with Gasteiger partial charge in [-0.1, -0.05) is 28.1 Å². The van der Waals surface area contributed by atoms with Crippen molar-refractivity contribution in [2.45, 2.75) is 13.0 Å². The van der Waals surface area contributed by atoms with Crippen molar-refractivity contribution < 1.29 is 8.42 Å². The van der Waals surface area contributed by atoms with Gasteiger partial charge in [0, 0.05) is 16.4 Å². The van der Waals surface area contributed by atoms with Crippen LogP contribution in [0.2, 0.25) is 0 Å². The van der Waals surface area contributed by atoms with Gasteiger partial charge >= 0.3 is 0 Å². The molecule has 0 aliphatic carbocycles. The Hall–Kier alpha value is -0.100. The molecule has 0 fully saturated rings. The number of halogens is 2. The van der Waals surface area contributed by atoms with Crippen LogP contribution in [-0.2, 0) is 10.0 Å². The summed E-state index contributed by atoms with van der Waals surface area (Å²) in [6.45, 7) is 1.80. The van der Waals surface area contributed by atoms with Crippen LogP contribution >= 0.6 is 27.5 Å². The highest BCUT2D eigenvalue weighted by Gasteiger charge is 2.14. The van der Waals surface area contributed by atoms with Crippen molar-refractivity contribution in [3.05, 3.63) is 34.3 Å². The molecule has 0 heterocycles. The summed E-state index contributed by atoms with van der Waals surface area (Å²) in [5.41, 5.74) is 0.910. The van der Waals surface area contributed by atoms with E-state index in [0.29, 0.717) is 0 Å². The molecule has 0 saturated heterocycles. The number of nitrogens with one attached hydrogen (secondary N) is 1. The lowest BCUT2D eigenvalue weighted by Crippen LogP contribution is -2.29. The van der Waals surface area contributed by atoms with Gasteiger partial charge in [0.25, 0.3) is 0 Å². The molecule has 0 saturated carbocycles. The molecular weight excluding hydrogens is 314 g/mol. The zero-order valence-electron chi connectivity index (χ0n) is 8.78. The Morgan fingerprint density at radius 3 is 2.75 bits per heavy atom. The monoisotopic (exact) mass is 325 g/mol. The van der Waals surface area contributed by atoms with E-state index in [4.69, 9.17) is 11.6 Å². The molecule has 1 rings (SSSR count). The Bertz CT molecular complexity index is 450. The molecule has 6 heteroatoms. The summed E-state index contributed by atoms with van der Waals surface area (Å²) in [5.74, 6) is 0.0352. The van der Waals surface area contributed by atoms with Gasteiger partial charge in [0.15, 0.2) is 0 Å². The molecule has 3 nitrogen and oxygen atoms in total. The maximum atomic E-state index is 11.5. The number of hydrogen-bond acceptors (Lipinski definition) is 2. The van der Waals surface area contributed by atoms with Gasteiger partial charge in [0.1, 0.15) is 0 Å². The van der Waals surface area contributed by atoms with Crippen LogP contribution in [0.1, 0.15) is 18.5 Å². The van der Waals surface area contributed by atoms with Gasteiger partial charge in [0.2, 0.25) is 10.0 Å². The Kier molecular flexibility index (Phi) is 5.24. The second kappa shape index (κ2) is 6.00. The highest BCUT2D eigenvalue weighted by atomic mass is 79.9. The van der Waals surface area contributed by atoms with E-state index >= 15 is 0 Å². The fraction of sp³-hybridized carbons (Fsp3) is 0.400. The summed E-state index contributed by atoms with van der Waals surface area (Å²) in [7, 11) is -3.29. The normalized spacial score (nSPS) is 13.7. The first kappa shape index (κ1) is 14.0. The van der Waals surface area contributed by atoms with Crippen molar-refractivity contribution in [3.63, 3.8) is 0 Å². The van der Waals surface area contributed by atoms with Crippen LogP contribution in [0.15, 0.2) is 28.7 Å². The van der Waals surface area contributed by atoms with E-state index < -0.39 is 10.0 Å². The van der Waals surface area contributed by atoms with Crippen molar-refractivity contribution >= 4 is 37.6 Å². The first-order valence-corrected chi connectivity index (χ1v) is 7.74. The van der Waals surface area contributed by atoms with Crippen LogP contribution in [0.4, 0.5) is 0 Å². The highest BCUT2D eigenvalue weighted by Crippen LogP contribution is 2.18. The first-order valence-electron chi connectivity index (χ1n) is 4.76. The number of alkyl halides is 1. The first-order chi connectivity index (χ1) is 7.44. The predicted octanol–water partition coefficient (Wildman–Crippen LogP) is 2.67. The smallest absolute Gasteiger partial charge is 0.212 e. The minimum absolute atomic E-state index is 0.0626. The van der Waals surface area contributed by atoms with Gasteiger partial charge in [-0.25, -0.2) is 13.1 Å². The fourth-order valence-corrected chi connectivity index (χ4v) is 3.30. The van der Waals surface area contributed by atoms with Crippen molar-refractivity contribution in [1.29, 1.82) is 0 Å². The van der Waals surface area contributed by atoms with Gasteiger partial charge in [-0.2, -0.15) is 0 Å². The van der Waals surface area contributed by atoms with E-state index in [9.17, 15) is 8.42 Å². The molecule has 1 atom stereocenters. The van der Waals surface area contributed by atoms with Crippen LogP contribution in [0.5, 0.6) is 0 Å². The second-order valence-corrected chi connectivity index (χ2v) is 6.57. The van der Waals surface area contributed by atoms with Gasteiger partial charge in [0.05, 0.1) is 5.75 Å². The molecule has 1 aromatic carbocycles. The predicted molar refractivity (Wildman–Crippen MR) is 70.2 cm³/mol. The molecule has 0 amide bonds. The Balaban J connectivity index is 2.76. The summed E-state index contributed by atoms with van der Waals surface area (Å²) in [6, 6.07) is 7.26. The molecule has 0 unspecified atom stereocenters. The minimum atomic E-state index is -3.29. The highest BCUT2D eigenvalue weighted by molar-refractivity contribution is 9.10. The van der Waals surface area contributed by atoms with Gasteiger partial charge < -0.3 is 0 Å². The third kappa shape index (κ3) is 4.41. The lowest BCUT2D eigenvalue weighted by atomic mass is 10.1. The van der Waals surface area contributed by atoms with Gasteiger partial charge in [-0.3, -0.25) is 0 Å². The average Bonchev–Trinajstić information content (AvgIpc) is 2.16. The van der Waals surface area contributed by atoms with E-state index in [1.165, 1.54) is 0 Å². The molecule has 0 aliphatic heterocycles. The van der Waals surface area contributed by atoms with Gasteiger partial charge in [-0.15, -0.1) is 11.6 Å². The lowest BCUT2D eigenvalue weighted by Gasteiger charge is -2.14. The van der Waals surface area contributed by atoms with Crippen LogP contribution < -0.4 is 4.72 Å². The van der Waals surface area contributed by atoms with E-state index in [1.807, 2.05) is 24.3 Å². The van der Waals surface area contributed by atoms with Crippen LogP contribution in [0, 0.1) is 0 Å². The van der Waals surface area contributed by atoms with Crippen molar-refractivity contribution in [2.24, 2.45) is 0 Å². The topological polar surface area (TPSA) is 46.2 Å². The van der Waals surface area contributed by atoms with E-state index in [1.54, 1.807) is 6.92 Å². The summed E-state index contributed by atoms with van der Waals surface area (Å²) in [5, 5.41) is 0. The van der Waals surface area contributed by atoms with Crippen molar-refractivity contribution in [3.8, 4) is 0 Å². The lowest BCUT2D eigenvalue weighted by molar-refractivity contribution is 0.568. The number of sulfonamides is 1. The SMILES string of the molecule is C[C@@H](NS(=O)(=O)CCCl)c1cccc(Br)c1. The number of benzene rings is 1. The fourth-order valence-electron chi connectivity index (χ4n) is 1.27. The summed E-state index contributed by atoms with van der Waals surface area (Å²) in [4.78, 5) is 0. The molecule has 0 bridgehead atoms. The molecule has 0 spiro atoms. The summed E-state index contributed by atoms with van der Waals surface area (Å²) in [6.07, 6.45) is 0. The Labute approximate surface area is 109 Å². The minimum Gasteiger partial charge on any atom is -0.212 e. The Morgan fingerprint density at radius 2 is 2.19 bits per heavy atom. The molecule has 16 heavy (non-hydrogen) atoms. The van der Waals surface area contributed by atoms with Crippen LogP contribution in [0.25, 0.3) is 0 Å². The van der Waals surface area contributed by atoms with Crippen LogP contribution in [-0.4, -0.2) is 20.1 Å². The third-order valence-corrected chi connectivity index (χ3v) is 4.41. The molecule has 0 aliphatic rings. The van der Waals surface area contributed by atoms with E-state index in [-0.39, 0.29) is 17.7 Å². The average molecular weight is 327 g/mol. The van der Waals surface area contributed by atoms with Crippen LogP contribution in [0.3, 0.4) is 0 Å². The van der Waals surface area contributed by atoms with E-state index in [0.717, 1.165) is 10.0 Å². The molecule has 1 N–H and O–H groups in total. The largest absolute Gasteiger partial charge is 0.213 e. The van der Waals surface area contributed by atoms with Crippen molar-refractivity contribution in [1.82, 2.24) is 4.72 Å². The molecule has 1 aromatic rings. The second-order valence-electron chi connectivity index (χ2n) is 3.40. The van der Waals surface area contributed by atoms with Gasteiger partial charge in [-0.05, 0) is 24.6 Å². The number of rotatable bonds is 5. The van der Waals surface area contributed by atoms with E-state index in [2.05, 4.69) is 20.7 Å². The molecule has 0 radical (unpaired) electrons. The standard InChI is InChI=1S/C10H13BrClNO2S/c1-8(13-16(14,15)6-5-12)9-3-2-4-10(11)7-9/h2-4,7-8,13H,5-6H2,1H3/t8-/m1/s1. The van der Waals surface area contributed by atoms with Crippen molar-refractivity contribution in [2.75, 3.05) is 11.6 Å². The quantitative estimate of drug-likeness (QED) is 0.846. The third-order valence-electron chi connectivity index (χ3n) is 2.05. The molecule has 90 valence electrons. The summed E-state index contributed by atoms with van der Waals surface area (Å²) >= 11 is 8.76. The zero-order chi connectivity index (χ0) is 12.2. The Morgan fingerprint density at radius 1 is 1.50 bits per heavy atom. The zero-order valence-corrected chi connectivity index (χ0v) is 11.9. The molecule has 0 aromatic heterocycles.